The molecule has 0 aliphatic rings. The Kier molecular flexibility index (Phi) is 5.90. The Hall–Kier alpha value is -2.18. The van der Waals surface area contributed by atoms with Gasteiger partial charge < -0.3 is 10.1 Å². The van der Waals surface area contributed by atoms with Gasteiger partial charge in [-0.3, -0.25) is 9.59 Å². The van der Waals surface area contributed by atoms with E-state index in [1.165, 1.54) is 24.3 Å². The predicted octanol–water partition coefficient (Wildman–Crippen LogP) is 3.71. The molecule has 2 aromatic rings. The molecule has 0 unspecified atom stereocenters. The minimum absolute atomic E-state index is 0.259. The molecular formula is C16H11BrClNO4. The van der Waals surface area contributed by atoms with E-state index in [9.17, 15) is 14.4 Å². The Morgan fingerprint density at radius 2 is 1.87 bits per heavy atom. The summed E-state index contributed by atoms with van der Waals surface area (Å²) in [6, 6.07) is 10.8. The van der Waals surface area contributed by atoms with Crippen molar-refractivity contribution in [2.45, 2.75) is 0 Å². The smallest absolute Gasteiger partial charge is 0.338 e. The van der Waals surface area contributed by atoms with Crippen LogP contribution in [0.15, 0.2) is 46.9 Å². The maximum atomic E-state index is 11.8. The number of esters is 1. The number of halogens is 2. The second-order valence-electron chi connectivity index (χ2n) is 4.49. The molecule has 0 aromatic heterocycles. The van der Waals surface area contributed by atoms with Crippen LogP contribution in [0.4, 0.5) is 5.69 Å². The molecule has 0 heterocycles. The maximum absolute atomic E-state index is 11.8. The molecule has 118 valence electrons. The lowest BCUT2D eigenvalue weighted by Gasteiger charge is -2.07. The van der Waals surface area contributed by atoms with Gasteiger partial charge in [0.2, 0.25) is 0 Å². The summed E-state index contributed by atoms with van der Waals surface area (Å²) in [7, 11) is 0. The quantitative estimate of drug-likeness (QED) is 0.618. The summed E-state index contributed by atoms with van der Waals surface area (Å²) in [5.41, 5.74) is 1.20. The molecule has 1 N–H and O–H groups in total. The Balaban J connectivity index is 1.88. The first-order valence-corrected chi connectivity index (χ1v) is 7.64. The van der Waals surface area contributed by atoms with E-state index < -0.39 is 18.5 Å². The van der Waals surface area contributed by atoms with Crippen LogP contribution in [0.1, 0.15) is 20.7 Å². The number of amides is 1. The monoisotopic (exact) mass is 395 g/mol. The number of anilines is 1. The molecule has 2 aromatic carbocycles. The van der Waals surface area contributed by atoms with Crippen molar-refractivity contribution < 1.29 is 19.1 Å². The number of carbonyl (C=O) groups excluding carboxylic acids is 3. The van der Waals surface area contributed by atoms with Crippen LogP contribution in [-0.4, -0.2) is 24.8 Å². The highest BCUT2D eigenvalue weighted by Crippen LogP contribution is 2.25. The Morgan fingerprint density at radius 1 is 1.17 bits per heavy atom. The highest BCUT2D eigenvalue weighted by atomic mass is 79.9. The first kappa shape index (κ1) is 17.2. The molecule has 1 amide bonds. The van der Waals surface area contributed by atoms with E-state index in [-0.39, 0.29) is 5.56 Å². The highest BCUT2D eigenvalue weighted by molar-refractivity contribution is 9.10. The molecule has 0 aliphatic heterocycles. The Bertz CT molecular complexity index is 746. The van der Waals surface area contributed by atoms with E-state index >= 15 is 0 Å². The van der Waals surface area contributed by atoms with Crippen molar-refractivity contribution in [2.75, 3.05) is 11.9 Å². The summed E-state index contributed by atoms with van der Waals surface area (Å²) in [6.07, 6.45) is 0.673. The fraction of sp³-hybridized carbons (Fsp3) is 0.0625. The van der Waals surface area contributed by atoms with Crippen LogP contribution in [0.25, 0.3) is 0 Å². The number of hydrogen-bond donors (Lipinski definition) is 1. The lowest BCUT2D eigenvalue weighted by atomic mass is 10.1. The van der Waals surface area contributed by atoms with Crippen LogP contribution >= 0.6 is 27.5 Å². The van der Waals surface area contributed by atoms with Crippen molar-refractivity contribution in [1.82, 2.24) is 0 Å². The number of hydrogen-bond acceptors (Lipinski definition) is 4. The predicted molar refractivity (Wildman–Crippen MR) is 89.9 cm³/mol. The van der Waals surface area contributed by atoms with E-state index in [4.69, 9.17) is 16.3 Å². The third-order valence-corrected chi connectivity index (χ3v) is 4.05. The number of aldehydes is 1. The Labute approximate surface area is 145 Å². The zero-order valence-corrected chi connectivity index (χ0v) is 14.1. The van der Waals surface area contributed by atoms with E-state index in [1.54, 1.807) is 18.2 Å². The normalized spacial score (nSPS) is 10.0. The van der Waals surface area contributed by atoms with Gasteiger partial charge in [0.1, 0.15) is 6.29 Å². The van der Waals surface area contributed by atoms with Crippen LogP contribution in [-0.2, 0) is 9.53 Å². The van der Waals surface area contributed by atoms with Crippen LogP contribution in [0.3, 0.4) is 0 Å². The second-order valence-corrected chi connectivity index (χ2v) is 5.75. The molecule has 2 rings (SSSR count). The number of nitrogens with one attached hydrogen (secondary N) is 1. The maximum Gasteiger partial charge on any atom is 0.338 e. The molecule has 0 saturated heterocycles. The first-order chi connectivity index (χ1) is 11.0. The van der Waals surface area contributed by atoms with E-state index in [0.29, 0.717) is 27.0 Å². The first-order valence-electron chi connectivity index (χ1n) is 6.47. The summed E-state index contributed by atoms with van der Waals surface area (Å²) < 4.78 is 5.62. The number of rotatable bonds is 5. The molecule has 0 atom stereocenters. The van der Waals surface area contributed by atoms with Crippen LogP contribution in [0.5, 0.6) is 0 Å². The average molecular weight is 397 g/mol. The van der Waals surface area contributed by atoms with Crippen LogP contribution in [0.2, 0.25) is 5.02 Å². The van der Waals surface area contributed by atoms with Crippen LogP contribution < -0.4 is 5.32 Å². The number of benzene rings is 2. The van der Waals surface area contributed by atoms with Gasteiger partial charge in [0.05, 0.1) is 10.6 Å². The van der Waals surface area contributed by atoms with E-state index in [2.05, 4.69) is 21.2 Å². The molecule has 0 radical (unpaired) electrons. The van der Waals surface area contributed by atoms with Gasteiger partial charge in [0.25, 0.3) is 5.91 Å². The highest BCUT2D eigenvalue weighted by Gasteiger charge is 2.11. The summed E-state index contributed by atoms with van der Waals surface area (Å²) >= 11 is 9.17. The fourth-order valence-corrected chi connectivity index (χ4v) is 2.11. The van der Waals surface area contributed by atoms with Crippen LogP contribution in [0, 0.1) is 0 Å². The summed E-state index contributed by atoms with van der Waals surface area (Å²) in [5.74, 6) is -1.13. The van der Waals surface area contributed by atoms with Gasteiger partial charge in [0, 0.05) is 15.7 Å². The van der Waals surface area contributed by atoms with Crippen molar-refractivity contribution >= 4 is 51.4 Å². The van der Waals surface area contributed by atoms with Crippen molar-refractivity contribution in [3.63, 3.8) is 0 Å². The summed E-state index contributed by atoms with van der Waals surface area (Å²) in [5, 5.41) is 3.02. The van der Waals surface area contributed by atoms with Crippen molar-refractivity contribution in [2.24, 2.45) is 0 Å². The lowest BCUT2D eigenvalue weighted by molar-refractivity contribution is -0.119. The number of carbonyl (C=O) groups is 3. The zero-order valence-electron chi connectivity index (χ0n) is 11.7. The second kappa shape index (κ2) is 7.89. The molecular weight excluding hydrogens is 386 g/mol. The van der Waals surface area contributed by atoms with E-state index in [1.807, 2.05) is 0 Å². The fourth-order valence-electron chi connectivity index (χ4n) is 1.68. The van der Waals surface area contributed by atoms with Crippen molar-refractivity contribution in [1.29, 1.82) is 0 Å². The standard InChI is InChI=1S/C16H11BrClNO4/c17-13-6-5-12(7-14(13)18)19-15(21)9-23-16(22)11-3-1-10(8-20)2-4-11/h1-8H,9H2,(H,19,21). The van der Waals surface area contributed by atoms with Gasteiger partial charge in [-0.15, -0.1) is 0 Å². The van der Waals surface area contributed by atoms with Gasteiger partial charge in [-0.1, -0.05) is 23.7 Å². The molecule has 0 bridgehead atoms. The molecule has 23 heavy (non-hydrogen) atoms. The minimum Gasteiger partial charge on any atom is -0.452 e. The van der Waals surface area contributed by atoms with Gasteiger partial charge >= 0.3 is 5.97 Å². The van der Waals surface area contributed by atoms with Crippen molar-refractivity contribution in [3.05, 3.63) is 63.1 Å². The minimum atomic E-state index is -0.647. The van der Waals surface area contributed by atoms with E-state index in [0.717, 1.165) is 0 Å². The molecule has 7 heteroatoms. The average Bonchev–Trinajstić information content (AvgIpc) is 2.56. The lowest BCUT2D eigenvalue weighted by Crippen LogP contribution is -2.20. The number of ether oxygens (including phenoxy) is 1. The Morgan fingerprint density at radius 3 is 2.48 bits per heavy atom. The van der Waals surface area contributed by atoms with Gasteiger partial charge in [0.15, 0.2) is 6.61 Å². The van der Waals surface area contributed by atoms with Gasteiger partial charge in [-0.05, 0) is 46.3 Å². The topological polar surface area (TPSA) is 72.5 Å². The SMILES string of the molecule is O=Cc1ccc(C(=O)OCC(=O)Nc2ccc(Br)c(Cl)c2)cc1. The van der Waals surface area contributed by atoms with Crippen molar-refractivity contribution in [3.8, 4) is 0 Å². The summed E-state index contributed by atoms with van der Waals surface area (Å²) in [6.45, 7) is -0.429. The third kappa shape index (κ3) is 4.91. The van der Waals surface area contributed by atoms with Gasteiger partial charge in [-0.25, -0.2) is 4.79 Å². The summed E-state index contributed by atoms with van der Waals surface area (Å²) in [4.78, 5) is 34.1. The van der Waals surface area contributed by atoms with Gasteiger partial charge in [-0.2, -0.15) is 0 Å². The third-order valence-electron chi connectivity index (χ3n) is 2.82. The largest absolute Gasteiger partial charge is 0.452 e. The molecule has 0 spiro atoms. The molecule has 0 saturated carbocycles. The molecule has 0 fully saturated rings. The zero-order chi connectivity index (χ0) is 16.8. The molecule has 5 nitrogen and oxygen atoms in total. The molecule has 0 aliphatic carbocycles.